The van der Waals surface area contributed by atoms with Crippen molar-refractivity contribution in [1.82, 2.24) is 9.88 Å². The van der Waals surface area contributed by atoms with E-state index in [0.717, 1.165) is 35.3 Å². The van der Waals surface area contributed by atoms with Gasteiger partial charge in [0.1, 0.15) is 0 Å². The van der Waals surface area contributed by atoms with E-state index < -0.39 is 0 Å². The molecule has 1 saturated carbocycles. The molecule has 0 bridgehead atoms. The Morgan fingerprint density at radius 1 is 1.22 bits per heavy atom. The average molecular weight is 365 g/mol. The van der Waals surface area contributed by atoms with E-state index in [2.05, 4.69) is 10.3 Å². The maximum absolute atomic E-state index is 12.9. The van der Waals surface area contributed by atoms with Gasteiger partial charge in [0.25, 0.3) is 5.91 Å². The lowest BCUT2D eigenvalue weighted by Gasteiger charge is -2.25. The average Bonchev–Trinajstić information content (AvgIpc) is 3.47. The van der Waals surface area contributed by atoms with Crippen LogP contribution in [-0.4, -0.2) is 34.8 Å². The number of pyridine rings is 1. The fourth-order valence-corrected chi connectivity index (χ4v) is 3.02. The predicted octanol–water partition coefficient (Wildman–Crippen LogP) is 3.75. The molecule has 1 fully saturated rings. The van der Waals surface area contributed by atoms with Crippen LogP contribution in [0.1, 0.15) is 46.9 Å². The standard InChI is InChI=1S/C22H27N3O2/c1-14-9-10-23-19(11-14)12-16(3)25(4)22(27)18-6-5-15(2)20(13-18)24-21(26)17-7-8-17/h5-6,9-11,13,16-17H,7-8,12H2,1-4H3,(H,24,26). The number of amides is 2. The molecule has 1 aliphatic rings. The number of aromatic nitrogens is 1. The smallest absolute Gasteiger partial charge is 0.253 e. The van der Waals surface area contributed by atoms with Gasteiger partial charge in [-0.05, 0) is 69.0 Å². The minimum absolute atomic E-state index is 0.0117. The van der Waals surface area contributed by atoms with E-state index in [1.165, 1.54) is 0 Å². The zero-order valence-corrected chi connectivity index (χ0v) is 16.5. The molecule has 0 radical (unpaired) electrons. The highest BCUT2D eigenvalue weighted by Gasteiger charge is 2.30. The minimum Gasteiger partial charge on any atom is -0.339 e. The van der Waals surface area contributed by atoms with Gasteiger partial charge in [0.05, 0.1) is 0 Å². The highest BCUT2D eigenvalue weighted by molar-refractivity contribution is 5.98. The zero-order valence-electron chi connectivity index (χ0n) is 16.5. The van der Waals surface area contributed by atoms with Crippen molar-refractivity contribution in [3.05, 3.63) is 58.9 Å². The summed E-state index contributed by atoms with van der Waals surface area (Å²) in [6.45, 7) is 5.99. The second-order valence-electron chi connectivity index (χ2n) is 7.59. The summed E-state index contributed by atoms with van der Waals surface area (Å²) in [5.74, 6) is 0.125. The SMILES string of the molecule is Cc1ccnc(CC(C)N(C)C(=O)c2ccc(C)c(NC(=O)C3CC3)c2)c1. The molecule has 2 amide bonds. The third-order valence-corrected chi connectivity index (χ3v) is 5.15. The first-order valence-corrected chi connectivity index (χ1v) is 9.45. The van der Waals surface area contributed by atoms with Crippen molar-refractivity contribution < 1.29 is 9.59 Å². The van der Waals surface area contributed by atoms with Crippen LogP contribution < -0.4 is 5.32 Å². The molecule has 0 saturated heterocycles. The minimum atomic E-state index is -0.0583. The molecular formula is C22H27N3O2. The Labute approximate surface area is 160 Å². The maximum Gasteiger partial charge on any atom is 0.253 e. The molecule has 3 rings (SSSR count). The highest BCUT2D eigenvalue weighted by Crippen LogP contribution is 2.31. The van der Waals surface area contributed by atoms with Gasteiger partial charge in [-0.25, -0.2) is 0 Å². The fourth-order valence-electron chi connectivity index (χ4n) is 3.02. The van der Waals surface area contributed by atoms with Gasteiger partial charge in [0.15, 0.2) is 0 Å². The van der Waals surface area contributed by atoms with Crippen LogP contribution >= 0.6 is 0 Å². The number of rotatable bonds is 6. The highest BCUT2D eigenvalue weighted by atomic mass is 16.2. The van der Waals surface area contributed by atoms with Gasteiger partial charge in [-0.15, -0.1) is 0 Å². The summed E-state index contributed by atoms with van der Waals surface area (Å²) in [5.41, 5.74) is 4.40. The van der Waals surface area contributed by atoms with Gasteiger partial charge in [0, 0.05) is 48.6 Å². The van der Waals surface area contributed by atoms with Gasteiger partial charge in [-0.2, -0.15) is 0 Å². The lowest BCUT2D eigenvalue weighted by atomic mass is 10.1. The third-order valence-electron chi connectivity index (χ3n) is 5.15. The van der Waals surface area contributed by atoms with Gasteiger partial charge in [0.2, 0.25) is 5.91 Å². The molecule has 1 heterocycles. The first kappa shape index (κ1) is 19.1. The molecule has 142 valence electrons. The van der Waals surface area contributed by atoms with Crippen molar-refractivity contribution in [1.29, 1.82) is 0 Å². The number of hydrogen-bond donors (Lipinski definition) is 1. The number of carbonyl (C=O) groups excluding carboxylic acids is 2. The zero-order chi connectivity index (χ0) is 19.6. The summed E-state index contributed by atoms with van der Waals surface area (Å²) < 4.78 is 0. The van der Waals surface area contributed by atoms with E-state index in [4.69, 9.17) is 0 Å². The Kier molecular flexibility index (Phi) is 5.59. The molecule has 5 nitrogen and oxygen atoms in total. The largest absolute Gasteiger partial charge is 0.339 e. The van der Waals surface area contributed by atoms with Crippen molar-refractivity contribution >= 4 is 17.5 Å². The lowest BCUT2D eigenvalue weighted by Crippen LogP contribution is -2.36. The van der Waals surface area contributed by atoms with Crippen LogP contribution in [-0.2, 0) is 11.2 Å². The van der Waals surface area contributed by atoms with Crippen LogP contribution in [0, 0.1) is 19.8 Å². The summed E-state index contributed by atoms with van der Waals surface area (Å²) >= 11 is 0. The topological polar surface area (TPSA) is 62.3 Å². The second-order valence-corrected chi connectivity index (χ2v) is 7.59. The first-order valence-electron chi connectivity index (χ1n) is 9.45. The Morgan fingerprint density at radius 2 is 1.96 bits per heavy atom. The van der Waals surface area contributed by atoms with Crippen LogP contribution in [0.3, 0.4) is 0 Å². The van der Waals surface area contributed by atoms with Gasteiger partial charge in [-0.1, -0.05) is 6.07 Å². The van der Waals surface area contributed by atoms with Crippen LogP contribution in [0.25, 0.3) is 0 Å². The number of likely N-dealkylation sites (N-methyl/N-ethyl adjacent to an activating group) is 1. The Balaban J connectivity index is 1.70. The Hall–Kier alpha value is -2.69. The Morgan fingerprint density at radius 3 is 2.63 bits per heavy atom. The van der Waals surface area contributed by atoms with Crippen molar-refractivity contribution in [2.75, 3.05) is 12.4 Å². The number of benzene rings is 1. The van der Waals surface area contributed by atoms with Crippen LogP contribution in [0.4, 0.5) is 5.69 Å². The van der Waals surface area contributed by atoms with Crippen LogP contribution in [0.5, 0.6) is 0 Å². The predicted molar refractivity (Wildman–Crippen MR) is 107 cm³/mol. The number of carbonyl (C=O) groups is 2. The van der Waals surface area contributed by atoms with Crippen LogP contribution in [0.2, 0.25) is 0 Å². The van der Waals surface area contributed by atoms with Crippen molar-refractivity contribution in [3.8, 4) is 0 Å². The first-order chi connectivity index (χ1) is 12.8. The fraction of sp³-hybridized carbons (Fsp3) is 0.409. The number of nitrogens with zero attached hydrogens (tertiary/aromatic N) is 2. The molecule has 1 aliphatic carbocycles. The lowest BCUT2D eigenvalue weighted by molar-refractivity contribution is -0.117. The van der Waals surface area contributed by atoms with E-state index in [1.54, 1.807) is 17.2 Å². The summed E-state index contributed by atoms with van der Waals surface area (Å²) in [4.78, 5) is 31.1. The normalized spacial score (nSPS) is 14.5. The molecule has 0 aliphatic heterocycles. The summed E-state index contributed by atoms with van der Waals surface area (Å²) in [5, 5.41) is 2.96. The molecule has 1 aromatic heterocycles. The van der Waals surface area contributed by atoms with E-state index in [9.17, 15) is 9.59 Å². The monoisotopic (exact) mass is 365 g/mol. The number of nitrogens with one attached hydrogen (secondary N) is 1. The van der Waals surface area contributed by atoms with Crippen molar-refractivity contribution in [3.63, 3.8) is 0 Å². The van der Waals surface area contributed by atoms with Crippen molar-refractivity contribution in [2.24, 2.45) is 5.92 Å². The number of hydrogen-bond acceptors (Lipinski definition) is 3. The molecule has 0 spiro atoms. The number of aryl methyl sites for hydroxylation is 2. The molecule has 27 heavy (non-hydrogen) atoms. The van der Waals surface area contributed by atoms with Gasteiger partial charge in [-0.3, -0.25) is 14.6 Å². The molecule has 1 unspecified atom stereocenters. The maximum atomic E-state index is 12.9. The third kappa shape index (κ3) is 4.73. The number of anilines is 1. The molecule has 1 N–H and O–H groups in total. The van der Waals surface area contributed by atoms with E-state index in [1.807, 2.05) is 52.1 Å². The second kappa shape index (κ2) is 7.91. The molecule has 2 aromatic rings. The quantitative estimate of drug-likeness (QED) is 0.848. The molecule has 5 heteroatoms. The molecule has 1 aromatic carbocycles. The molecular weight excluding hydrogens is 338 g/mol. The van der Waals surface area contributed by atoms with E-state index >= 15 is 0 Å². The molecule has 1 atom stereocenters. The summed E-state index contributed by atoms with van der Waals surface area (Å²) in [7, 11) is 1.81. The van der Waals surface area contributed by atoms with Gasteiger partial charge < -0.3 is 10.2 Å². The van der Waals surface area contributed by atoms with Crippen LogP contribution in [0.15, 0.2) is 36.5 Å². The van der Waals surface area contributed by atoms with E-state index in [-0.39, 0.29) is 23.8 Å². The van der Waals surface area contributed by atoms with E-state index in [0.29, 0.717) is 12.0 Å². The summed E-state index contributed by atoms with van der Waals surface area (Å²) in [6, 6.07) is 9.51. The van der Waals surface area contributed by atoms with Gasteiger partial charge >= 0.3 is 0 Å². The summed E-state index contributed by atoms with van der Waals surface area (Å²) in [6.07, 6.45) is 4.41. The Bertz CT molecular complexity index is 858. The van der Waals surface area contributed by atoms with Crippen molar-refractivity contribution in [2.45, 2.75) is 46.1 Å².